The number of hydrogen-bond donors (Lipinski definition) is 0. The average Bonchev–Trinajstić information content (AvgIpc) is 1.80. The van der Waals surface area contributed by atoms with Crippen molar-refractivity contribution in [3.63, 3.8) is 0 Å². The molecule has 0 spiro atoms. The van der Waals surface area contributed by atoms with E-state index < -0.39 is 0 Å². The summed E-state index contributed by atoms with van der Waals surface area (Å²) in [5.41, 5.74) is 0.732. The second-order valence-corrected chi connectivity index (χ2v) is 3.06. The highest BCUT2D eigenvalue weighted by Crippen LogP contribution is 1.99. The smallest absolute Gasteiger partial charge is 0.193 e. The van der Waals surface area contributed by atoms with E-state index in [4.69, 9.17) is 0 Å². The van der Waals surface area contributed by atoms with Crippen molar-refractivity contribution in [1.82, 2.24) is 0 Å². The van der Waals surface area contributed by atoms with E-state index >= 15 is 0 Å². The Morgan fingerprint density at radius 1 is 1.56 bits per heavy atom. The molecule has 2 nitrogen and oxygen atoms in total. The van der Waals surface area contributed by atoms with Gasteiger partial charge in [0.1, 0.15) is 0 Å². The molecule has 0 saturated heterocycles. The van der Waals surface area contributed by atoms with Gasteiger partial charge in [0.2, 0.25) is 0 Å². The van der Waals surface area contributed by atoms with Crippen LogP contribution in [0.2, 0.25) is 0 Å². The molecule has 3 heteroatoms. The Balaban J connectivity index is 3.17. The van der Waals surface area contributed by atoms with Gasteiger partial charge in [0.25, 0.3) is 0 Å². The highest BCUT2D eigenvalue weighted by Gasteiger charge is 1.95. The Morgan fingerprint density at radius 3 is 2.67 bits per heavy atom. The molecular formula is C6H6INO. The Labute approximate surface area is 67.2 Å². The molecule has 0 N–H and O–H groups in total. The zero-order chi connectivity index (χ0) is 6.85. The van der Waals surface area contributed by atoms with Crippen molar-refractivity contribution in [1.29, 1.82) is 0 Å². The second kappa shape index (κ2) is 2.51. The monoisotopic (exact) mass is 235 g/mol. The average molecular weight is 235 g/mol. The van der Waals surface area contributed by atoms with Crippen molar-refractivity contribution in [3.8, 4) is 0 Å². The van der Waals surface area contributed by atoms with Gasteiger partial charge in [-0.1, -0.05) is 0 Å². The van der Waals surface area contributed by atoms with Gasteiger partial charge < -0.3 is 5.21 Å². The number of rotatable bonds is 0. The third-order valence-electron chi connectivity index (χ3n) is 1.07. The number of pyridine rings is 1. The van der Waals surface area contributed by atoms with Crippen molar-refractivity contribution < 1.29 is 4.73 Å². The third kappa shape index (κ3) is 1.54. The minimum Gasteiger partial charge on any atom is -0.618 e. The number of aryl methyl sites for hydroxylation is 1. The molecule has 48 valence electrons. The van der Waals surface area contributed by atoms with Crippen LogP contribution in [0, 0.1) is 15.7 Å². The third-order valence-corrected chi connectivity index (χ3v) is 1.71. The summed E-state index contributed by atoms with van der Waals surface area (Å²) in [6.45, 7) is 1.78. The summed E-state index contributed by atoms with van der Waals surface area (Å²) in [6, 6.07) is 3.71. The molecule has 0 saturated carbocycles. The largest absolute Gasteiger partial charge is 0.618 e. The van der Waals surface area contributed by atoms with Crippen molar-refractivity contribution >= 4 is 22.6 Å². The second-order valence-electron chi connectivity index (χ2n) is 1.81. The molecule has 1 heterocycles. The van der Waals surface area contributed by atoms with Crippen LogP contribution in [-0.4, -0.2) is 0 Å². The molecule has 1 rings (SSSR count). The maximum absolute atomic E-state index is 10.8. The van der Waals surface area contributed by atoms with Gasteiger partial charge in [0, 0.05) is 13.0 Å². The van der Waals surface area contributed by atoms with Crippen LogP contribution in [0.3, 0.4) is 0 Å². The maximum atomic E-state index is 10.8. The molecule has 0 aromatic carbocycles. The molecule has 0 aliphatic heterocycles. The van der Waals surface area contributed by atoms with Crippen LogP contribution in [0.25, 0.3) is 0 Å². The van der Waals surface area contributed by atoms with Crippen LogP contribution in [0.15, 0.2) is 18.3 Å². The molecular weight excluding hydrogens is 229 g/mol. The highest BCUT2D eigenvalue weighted by molar-refractivity contribution is 14.1. The molecule has 0 aliphatic rings. The van der Waals surface area contributed by atoms with Gasteiger partial charge in [-0.15, -0.1) is 0 Å². The van der Waals surface area contributed by atoms with Crippen molar-refractivity contribution in [2.45, 2.75) is 6.92 Å². The van der Waals surface area contributed by atoms with Crippen LogP contribution in [-0.2, 0) is 0 Å². The van der Waals surface area contributed by atoms with Crippen molar-refractivity contribution in [2.75, 3.05) is 0 Å². The first-order chi connectivity index (χ1) is 4.20. The summed E-state index contributed by atoms with van der Waals surface area (Å²) in [6.07, 6.45) is 1.55. The SMILES string of the molecule is Cc1ccc(I)c[n+]1[O-]. The summed E-state index contributed by atoms with van der Waals surface area (Å²) in [7, 11) is 0. The van der Waals surface area contributed by atoms with E-state index in [0.29, 0.717) is 0 Å². The Bertz CT molecular complexity index is 224. The molecule has 1 aromatic rings. The first kappa shape index (κ1) is 6.80. The van der Waals surface area contributed by atoms with Crippen molar-refractivity contribution in [3.05, 3.63) is 32.8 Å². The van der Waals surface area contributed by atoms with Gasteiger partial charge in [0.05, 0.1) is 3.57 Å². The number of nitrogens with zero attached hydrogens (tertiary/aromatic N) is 1. The lowest BCUT2D eigenvalue weighted by Crippen LogP contribution is -2.29. The van der Waals surface area contributed by atoms with Crippen molar-refractivity contribution in [2.24, 2.45) is 0 Å². The number of hydrogen-bond acceptors (Lipinski definition) is 1. The maximum Gasteiger partial charge on any atom is 0.193 e. The Hall–Kier alpha value is -0.320. The minimum absolute atomic E-state index is 0.732. The summed E-state index contributed by atoms with van der Waals surface area (Å²) in [5.74, 6) is 0. The molecule has 0 amide bonds. The number of aromatic nitrogens is 1. The van der Waals surface area contributed by atoms with Gasteiger partial charge in [0.15, 0.2) is 11.9 Å². The standard InChI is InChI=1S/C6H6INO/c1-5-2-3-6(7)4-8(5)9/h2-4H,1H3. The first-order valence-electron chi connectivity index (χ1n) is 2.55. The van der Waals surface area contributed by atoms with Crippen LogP contribution in [0.1, 0.15) is 5.69 Å². The van der Waals surface area contributed by atoms with E-state index in [1.165, 1.54) is 0 Å². The molecule has 0 bridgehead atoms. The fraction of sp³-hybridized carbons (Fsp3) is 0.167. The van der Waals surface area contributed by atoms with Gasteiger partial charge in [-0.25, -0.2) is 0 Å². The van der Waals surface area contributed by atoms with Gasteiger partial charge in [-0.05, 0) is 28.7 Å². The van der Waals surface area contributed by atoms with Crippen LogP contribution in [0.4, 0.5) is 0 Å². The topological polar surface area (TPSA) is 26.9 Å². The van der Waals surface area contributed by atoms with Crippen LogP contribution < -0.4 is 4.73 Å². The lowest BCUT2D eigenvalue weighted by molar-refractivity contribution is -0.613. The summed E-state index contributed by atoms with van der Waals surface area (Å²) < 4.78 is 1.83. The first-order valence-corrected chi connectivity index (χ1v) is 3.63. The number of halogens is 1. The Morgan fingerprint density at radius 2 is 2.22 bits per heavy atom. The van der Waals surface area contributed by atoms with Gasteiger partial charge in [-0.2, -0.15) is 4.73 Å². The predicted octanol–water partition coefficient (Wildman–Crippen LogP) is 1.23. The zero-order valence-corrected chi connectivity index (χ0v) is 7.12. The zero-order valence-electron chi connectivity index (χ0n) is 4.97. The van der Waals surface area contributed by atoms with E-state index in [2.05, 4.69) is 22.6 Å². The van der Waals surface area contributed by atoms with E-state index in [9.17, 15) is 5.21 Å². The molecule has 0 radical (unpaired) electrons. The molecule has 9 heavy (non-hydrogen) atoms. The lowest BCUT2D eigenvalue weighted by atomic mass is 10.4. The van der Waals surface area contributed by atoms with E-state index in [1.807, 2.05) is 6.07 Å². The van der Waals surface area contributed by atoms with E-state index in [1.54, 1.807) is 19.2 Å². The summed E-state index contributed by atoms with van der Waals surface area (Å²) in [5, 5.41) is 10.8. The van der Waals surface area contributed by atoms with E-state index in [-0.39, 0.29) is 0 Å². The molecule has 0 unspecified atom stereocenters. The molecule has 0 atom stereocenters. The molecule has 1 aromatic heterocycles. The molecule has 0 fully saturated rings. The summed E-state index contributed by atoms with van der Waals surface area (Å²) >= 11 is 2.10. The van der Waals surface area contributed by atoms with Gasteiger partial charge in [-0.3, -0.25) is 0 Å². The minimum atomic E-state index is 0.732. The predicted molar refractivity (Wildman–Crippen MR) is 42.9 cm³/mol. The van der Waals surface area contributed by atoms with Crippen LogP contribution in [0.5, 0.6) is 0 Å². The van der Waals surface area contributed by atoms with Gasteiger partial charge >= 0.3 is 0 Å². The van der Waals surface area contributed by atoms with E-state index in [0.717, 1.165) is 14.0 Å². The Kier molecular flexibility index (Phi) is 1.90. The summed E-state index contributed by atoms with van der Waals surface area (Å²) in [4.78, 5) is 0. The quantitative estimate of drug-likeness (QED) is 0.377. The fourth-order valence-electron chi connectivity index (χ4n) is 0.531. The fourth-order valence-corrected chi connectivity index (χ4v) is 0.963. The molecule has 0 aliphatic carbocycles. The highest BCUT2D eigenvalue weighted by atomic mass is 127. The normalized spacial score (nSPS) is 9.56. The lowest BCUT2D eigenvalue weighted by Gasteiger charge is -1.97. The van der Waals surface area contributed by atoms with Crippen LogP contribution >= 0.6 is 22.6 Å².